The molecular weight excluding hydrogens is 220 g/mol. The number of cyclic esters (lactones) is 1. The quantitative estimate of drug-likeness (QED) is 0.389. The van der Waals surface area contributed by atoms with Gasteiger partial charge in [0, 0.05) is 19.6 Å². The summed E-state index contributed by atoms with van der Waals surface area (Å²) in [6.45, 7) is 7.21. The van der Waals surface area contributed by atoms with Crippen molar-refractivity contribution in [3.05, 3.63) is 0 Å². The van der Waals surface area contributed by atoms with Crippen LogP contribution >= 0.6 is 0 Å². The van der Waals surface area contributed by atoms with Gasteiger partial charge >= 0.3 is 5.97 Å². The van der Waals surface area contributed by atoms with Crippen molar-refractivity contribution in [1.29, 1.82) is 0 Å². The van der Waals surface area contributed by atoms with Crippen LogP contribution in [0.3, 0.4) is 0 Å². The smallest absolute Gasteiger partial charge is 0.319 e. The number of carbonyl (C=O) groups is 2. The third-order valence-electron chi connectivity index (χ3n) is 3.34. The lowest BCUT2D eigenvalue weighted by molar-refractivity contribution is -0.151. The summed E-state index contributed by atoms with van der Waals surface area (Å²) in [6.07, 6.45) is 1.94. The predicted octanol–water partition coefficient (Wildman–Crippen LogP) is 1.96. The number of ether oxygens (including phenoxy) is 2. The second-order valence-corrected chi connectivity index (χ2v) is 5.07. The highest BCUT2D eigenvalue weighted by Crippen LogP contribution is 2.34. The zero-order valence-electron chi connectivity index (χ0n) is 11.0. The van der Waals surface area contributed by atoms with Crippen molar-refractivity contribution >= 4 is 11.8 Å². The molecule has 1 atom stereocenters. The first-order valence-electron chi connectivity index (χ1n) is 6.25. The lowest BCUT2D eigenvalue weighted by atomic mass is 9.80. The lowest BCUT2D eigenvalue weighted by Crippen LogP contribution is -2.35. The molecule has 4 nitrogen and oxygen atoms in total. The van der Waals surface area contributed by atoms with Gasteiger partial charge in [-0.2, -0.15) is 0 Å². The van der Waals surface area contributed by atoms with E-state index in [0.717, 1.165) is 6.42 Å². The fourth-order valence-electron chi connectivity index (χ4n) is 1.95. The van der Waals surface area contributed by atoms with Gasteiger partial charge in [-0.3, -0.25) is 9.59 Å². The summed E-state index contributed by atoms with van der Waals surface area (Å²) in [5.41, 5.74) is -0.933. The molecular formula is C13H22O4. The molecule has 1 heterocycles. The van der Waals surface area contributed by atoms with Crippen LogP contribution in [0.25, 0.3) is 0 Å². The van der Waals surface area contributed by atoms with E-state index in [1.165, 1.54) is 6.92 Å². The van der Waals surface area contributed by atoms with Gasteiger partial charge in [0.05, 0.1) is 6.61 Å². The topological polar surface area (TPSA) is 52.6 Å². The van der Waals surface area contributed by atoms with Gasteiger partial charge in [-0.15, -0.1) is 0 Å². The van der Waals surface area contributed by atoms with Crippen LogP contribution in [0.15, 0.2) is 0 Å². The molecule has 0 spiro atoms. The van der Waals surface area contributed by atoms with E-state index in [2.05, 4.69) is 13.8 Å². The molecule has 4 heteroatoms. The van der Waals surface area contributed by atoms with Crippen molar-refractivity contribution < 1.29 is 19.1 Å². The summed E-state index contributed by atoms with van der Waals surface area (Å²) < 4.78 is 10.4. The highest BCUT2D eigenvalue weighted by molar-refractivity contribution is 6.03. The van der Waals surface area contributed by atoms with Crippen LogP contribution < -0.4 is 0 Å². The Labute approximate surface area is 103 Å². The highest BCUT2D eigenvalue weighted by Gasteiger charge is 2.48. The van der Waals surface area contributed by atoms with Crippen LogP contribution in [0.4, 0.5) is 0 Å². The normalized spacial score (nSPS) is 24.1. The number of rotatable bonds is 7. The molecule has 1 aliphatic heterocycles. The number of ketones is 1. The Morgan fingerprint density at radius 2 is 2.18 bits per heavy atom. The van der Waals surface area contributed by atoms with E-state index in [9.17, 15) is 9.59 Å². The first-order chi connectivity index (χ1) is 7.99. The molecule has 98 valence electrons. The van der Waals surface area contributed by atoms with E-state index in [-0.39, 0.29) is 11.8 Å². The fraction of sp³-hybridized carbons (Fsp3) is 0.846. The molecule has 0 amide bonds. The minimum absolute atomic E-state index is 0.104. The Bertz CT molecular complexity index is 285. The van der Waals surface area contributed by atoms with Gasteiger partial charge in [-0.25, -0.2) is 0 Å². The Kier molecular flexibility index (Phi) is 5.12. The molecule has 1 saturated heterocycles. The second kappa shape index (κ2) is 6.15. The van der Waals surface area contributed by atoms with Crippen molar-refractivity contribution in [1.82, 2.24) is 0 Å². The monoisotopic (exact) mass is 242 g/mol. The molecule has 1 unspecified atom stereocenters. The molecule has 0 aromatic carbocycles. The Balaban J connectivity index is 2.36. The highest BCUT2D eigenvalue weighted by atomic mass is 16.5. The summed E-state index contributed by atoms with van der Waals surface area (Å²) >= 11 is 0. The maximum absolute atomic E-state index is 11.6. The molecule has 17 heavy (non-hydrogen) atoms. The Morgan fingerprint density at radius 3 is 2.65 bits per heavy atom. The van der Waals surface area contributed by atoms with E-state index in [1.54, 1.807) is 0 Å². The summed E-state index contributed by atoms with van der Waals surface area (Å²) in [4.78, 5) is 23.2. The van der Waals surface area contributed by atoms with E-state index in [4.69, 9.17) is 9.47 Å². The summed E-state index contributed by atoms with van der Waals surface area (Å²) in [5.74, 6) is 0.123. The predicted molar refractivity (Wildman–Crippen MR) is 63.6 cm³/mol. The van der Waals surface area contributed by atoms with Crippen LogP contribution in [0, 0.1) is 11.3 Å². The number of hydrogen-bond acceptors (Lipinski definition) is 4. The second-order valence-electron chi connectivity index (χ2n) is 5.07. The van der Waals surface area contributed by atoms with Crippen molar-refractivity contribution in [2.45, 2.75) is 40.0 Å². The van der Waals surface area contributed by atoms with Gasteiger partial charge in [0.15, 0.2) is 0 Å². The zero-order valence-corrected chi connectivity index (χ0v) is 11.0. The van der Waals surface area contributed by atoms with Crippen molar-refractivity contribution in [2.75, 3.05) is 19.8 Å². The van der Waals surface area contributed by atoms with Gasteiger partial charge in [0.1, 0.15) is 11.2 Å². The van der Waals surface area contributed by atoms with Gasteiger partial charge in [0.25, 0.3) is 0 Å². The van der Waals surface area contributed by atoms with Gasteiger partial charge in [-0.05, 0) is 25.7 Å². The number of carbonyl (C=O) groups excluding carboxylic acids is 2. The van der Waals surface area contributed by atoms with Crippen LogP contribution in [0.2, 0.25) is 0 Å². The molecule has 0 bridgehead atoms. The Morgan fingerprint density at radius 1 is 1.47 bits per heavy atom. The molecule has 0 radical (unpaired) electrons. The molecule has 0 saturated carbocycles. The van der Waals surface area contributed by atoms with E-state index in [0.29, 0.717) is 38.6 Å². The Hall–Kier alpha value is -0.900. The summed E-state index contributed by atoms with van der Waals surface area (Å²) in [6, 6.07) is 0. The van der Waals surface area contributed by atoms with Crippen molar-refractivity contribution in [3.63, 3.8) is 0 Å². The third kappa shape index (κ3) is 3.53. The first kappa shape index (κ1) is 14.2. The average molecular weight is 242 g/mol. The summed E-state index contributed by atoms with van der Waals surface area (Å²) in [7, 11) is 0. The molecule has 0 aromatic rings. The summed E-state index contributed by atoms with van der Waals surface area (Å²) in [5, 5.41) is 0. The fourth-order valence-corrected chi connectivity index (χ4v) is 1.95. The minimum atomic E-state index is -0.933. The van der Waals surface area contributed by atoms with Crippen LogP contribution in [-0.2, 0) is 19.1 Å². The third-order valence-corrected chi connectivity index (χ3v) is 3.34. The van der Waals surface area contributed by atoms with E-state index >= 15 is 0 Å². The molecule has 1 fully saturated rings. The lowest BCUT2D eigenvalue weighted by Gasteiger charge is -2.21. The van der Waals surface area contributed by atoms with Crippen molar-refractivity contribution in [3.8, 4) is 0 Å². The van der Waals surface area contributed by atoms with Gasteiger partial charge in [0.2, 0.25) is 0 Å². The zero-order chi connectivity index (χ0) is 12.9. The molecule has 0 aliphatic carbocycles. The maximum atomic E-state index is 11.6. The van der Waals surface area contributed by atoms with Gasteiger partial charge < -0.3 is 9.47 Å². The number of Topliss-reactive ketones (excluding diaryl/α,β-unsaturated/α-hetero) is 1. The molecule has 1 rings (SSSR count). The van der Waals surface area contributed by atoms with E-state index in [1.807, 2.05) is 0 Å². The SMILES string of the molecule is CC(=O)C1(CCOCCC(C)C)CCOC1=O. The molecule has 0 aromatic heterocycles. The average Bonchev–Trinajstić information content (AvgIpc) is 2.60. The standard InChI is InChI=1S/C13H22O4/c1-10(2)4-7-16-8-5-13(11(3)14)6-9-17-12(13)15/h10H,4-9H2,1-3H3. The first-order valence-corrected chi connectivity index (χ1v) is 6.25. The van der Waals surface area contributed by atoms with Crippen LogP contribution in [-0.4, -0.2) is 31.6 Å². The maximum Gasteiger partial charge on any atom is 0.319 e. The van der Waals surface area contributed by atoms with Crippen LogP contribution in [0.1, 0.15) is 40.0 Å². The molecule has 1 aliphatic rings. The van der Waals surface area contributed by atoms with Crippen molar-refractivity contribution in [2.24, 2.45) is 11.3 Å². The number of esters is 1. The van der Waals surface area contributed by atoms with E-state index < -0.39 is 5.41 Å². The van der Waals surface area contributed by atoms with Crippen LogP contribution in [0.5, 0.6) is 0 Å². The number of hydrogen-bond donors (Lipinski definition) is 0. The minimum Gasteiger partial charge on any atom is -0.465 e. The largest absolute Gasteiger partial charge is 0.465 e. The van der Waals surface area contributed by atoms with Gasteiger partial charge in [-0.1, -0.05) is 13.8 Å². The molecule has 0 N–H and O–H groups in total.